The summed E-state index contributed by atoms with van der Waals surface area (Å²) in [5, 5.41) is 0.493. The summed E-state index contributed by atoms with van der Waals surface area (Å²) in [5.41, 5.74) is 9.86. The van der Waals surface area contributed by atoms with E-state index in [0.717, 1.165) is 5.56 Å². The minimum atomic E-state index is 0.493. The number of nitrogens with two attached hydrogens (primary N) is 1. The van der Waals surface area contributed by atoms with Gasteiger partial charge in [0.1, 0.15) is 5.52 Å². The third-order valence-corrected chi connectivity index (χ3v) is 3.66. The molecule has 2 aromatic carbocycles. The molecular formula is C16H15ClN2O. The zero-order valence-corrected chi connectivity index (χ0v) is 12.1. The molecule has 4 heteroatoms. The molecule has 20 heavy (non-hydrogen) atoms. The first-order chi connectivity index (χ1) is 9.54. The van der Waals surface area contributed by atoms with Crippen molar-refractivity contribution in [1.29, 1.82) is 0 Å². The van der Waals surface area contributed by atoms with Gasteiger partial charge in [0.25, 0.3) is 0 Å². The fourth-order valence-electron chi connectivity index (χ4n) is 2.10. The average molecular weight is 287 g/mol. The van der Waals surface area contributed by atoms with Gasteiger partial charge in [0.05, 0.1) is 10.7 Å². The first kappa shape index (κ1) is 13.0. The van der Waals surface area contributed by atoms with Gasteiger partial charge in [-0.3, -0.25) is 0 Å². The largest absolute Gasteiger partial charge is 0.436 e. The van der Waals surface area contributed by atoms with Crippen molar-refractivity contribution in [3.8, 4) is 11.5 Å². The maximum Gasteiger partial charge on any atom is 0.227 e. The second-order valence-electron chi connectivity index (χ2n) is 5.14. The van der Waals surface area contributed by atoms with Gasteiger partial charge in [-0.1, -0.05) is 37.6 Å². The van der Waals surface area contributed by atoms with E-state index in [2.05, 4.69) is 31.0 Å². The predicted octanol–water partition coefficient (Wildman–Crippen LogP) is 4.85. The van der Waals surface area contributed by atoms with Gasteiger partial charge in [0.2, 0.25) is 5.89 Å². The molecule has 3 aromatic rings. The van der Waals surface area contributed by atoms with Crippen molar-refractivity contribution in [2.75, 3.05) is 5.73 Å². The normalized spacial score (nSPS) is 11.4. The van der Waals surface area contributed by atoms with E-state index in [1.165, 1.54) is 5.56 Å². The van der Waals surface area contributed by atoms with Crippen LogP contribution in [0.3, 0.4) is 0 Å². The summed E-state index contributed by atoms with van der Waals surface area (Å²) in [6.07, 6.45) is 0. The molecule has 0 saturated carbocycles. The highest BCUT2D eigenvalue weighted by Gasteiger charge is 2.10. The van der Waals surface area contributed by atoms with Gasteiger partial charge >= 0.3 is 0 Å². The lowest BCUT2D eigenvalue weighted by molar-refractivity contribution is 0.620. The molecule has 0 fully saturated rings. The van der Waals surface area contributed by atoms with Crippen LogP contribution in [-0.4, -0.2) is 4.98 Å². The number of halogens is 1. The lowest BCUT2D eigenvalue weighted by Gasteiger charge is -2.04. The molecule has 0 aliphatic heterocycles. The summed E-state index contributed by atoms with van der Waals surface area (Å²) in [6.45, 7) is 4.33. The molecular weight excluding hydrogens is 272 g/mol. The quantitative estimate of drug-likeness (QED) is 0.685. The zero-order valence-electron chi connectivity index (χ0n) is 11.4. The first-order valence-corrected chi connectivity index (χ1v) is 6.88. The van der Waals surface area contributed by atoms with Crippen LogP contribution in [0.25, 0.3) is 22.6 Å². The minimum Gasteiger partial charge on any atom is -0.436 e. The number of nitrogen functional groups attached to an aromatic ring is 1. The van der Waals surface area contributed by atoms with Crippen LogP contribution in [0.1, 0.15) is 25.3 Å². The minimum absolute atomic E-state index is 0.493. The Balaban J connectivity index is 2.05. The third kappa shape index (κ3) is 2.25. The molecule has 0 spiro atoms. The third-order valence-electron chi connectivity index (χ3n) is 3.33. The van der Waals surface area contributed by atoms with Crippen LogP contribution < -0.4 is 5.73 Å². The van der Waals surface area contributed by atoms with E-state index in [0.29, 0.717) is 33.6 Å². The topological polar surface area (TPSA) is 52.0 Å². The Kier molecular flexibility index (Phi) is 3.14. The number of benzene rings is 2. The molecule has 2 N–H and O–H groups in total. The molecule has 0 atom stereocenters. The van der Waals surface area contributed by atoms with Crippen LogP contribution in [0.2, 0.25) is 5.02 Å². The zero-order chi connectivity index (χ0) is 14.3. The van der Waals surface area contributed by atoms with Crippen molar-refractivity contribution in [1.82, 2.24) is 4.98 Å². The number of hydrogen-bond acceptors (Lipinski definition) is 3. The van der Waals surface area contributed by atoms with E-state index < -0.39 is 0 Å². The van der Waals surface area contributed by atoms with Gasteiger partial charge in [0.15, 0.2) is 5.58 Å². The van der Waals surface area contributed by atoms with Crippen LogP contribution in [0.4, 0.5) is 5.69 Å². The van der Waals surface area contributed by atoms with E-state index in [1.54, 1.807) is 12.1 Å². The molecule has 1 aromatic heterocycles. The van der Waals surface area contributed by atoms with E-state index in [1.807, 2.05) is 12.1 Å². The van der Waals surface area contributed by atoms with Crippen LogP contribution >= 0.6 is 11.6 Å². The monoisotopic (exact) mass is 286 g/mol. The van der Waals surface area contributed by atoms with E-state index >= 15 is 0 Å². The number of aromatic nitrogens is 1. The summed E-state index contributed by atoms with van der Waals surface area (Å²) in [4.78, 5) is 4.45. The van der Waals surface area contributed by atoms with Crippen LogP contribution in [0.5, 0.6) is 0 Å². The molecule has 0 aliphatic carbocycles. The van der Waals surface area contributed by atoms with Crippen LogP contribution in [0, 0.1) is 0 Å². The summed E-state index contributed by atoms with van der Waals surface area (Å²) in [7, 11) is 0. The van der Waals surface area contributed by atoms with E-state index in [-0.39, 0.29) is 0 Å². The summed E-state index contributed by atoms with van der Waals surface area (Å²) >= 11 is 5.99. The molecule has 3 rings (SSSR count). The highest BCUT2D eigenvalue weighted by molar-refractivity contribution is 6.33. The van der Waals surface area contributed by atoms with E-state index in [9.17, 15) is 0 Å². The van der Waals surface area contributed by atoms with Crippen molar-refractivity contribution in [3.63, 3.8) is 0 Å². The van der Waals surface area contributed by atoms with Gasteiger partial charge < -0.3 is 10.2 Å². The number of fused-ring (bicyclic) bond motifs is 1. The lowest BCUT2D eigenvalue weighted by Crippen LogP contribution is -1.86. The Hall–Kier alpha value is -2.00. The Morgan fingerprint density at radius 3 is 2.50 bits per heavy atom. The molecule has 0 amide bonds. The Morgan fingerprint density at radius 2 is 1.85 bits per heavy atom. The Labute approximate surface area is 122 Å². The van der Waals surface area contributed by atoms with Crippen molar-refractivity contribution >= 4 is 28.4 Å². The van der Waals surface area contributed by atoms with Gasteiger partial charge in [-0.2, -0.15) is 0 Å². The number of hydrogen-bond donors (Lipinski definition) is 1. The molecule has 0 saturated heterocycles. The number of rotatable bonds is 2. The van der Waals surface area contributed by atoms with E-state index in [4.69, 9.17) is 21.8 Å². The second-order valence-corrected chi connectivity index (χ2v) is 5.54. The standard InChI is InChI=1S/C16H15ClN2O/c1-9(2)10-3-5-11(6-4-10)16-19-14-7-12(17)13(18)8-15(14)20-16/h3-9H,18H2,1-2H3. The maximum atomic E-state index is 5.99. The van der Waals surface area contributed by atoms with Crippen molar-refractivity contribution in [2.24, 2.45) is 0 Å². The van der Waals surface area contributed by atoms with Crippen molar-refractivity contribution in [3.05, 3.63) is 47.0 Å². The highest BCUT2D eigenvalue weighted by Crippen LogP contribution is 2.30. The maximum absolute atomic E-state index is 5.99. The molecule has 1 heterocycles. The van der Waals surface area contributed by atoms with Crippen LogP contribution in [0.15, 0.2) is 40.8 Å². The lowest BCUT2D eigenvalue weighted by atomic mass is 10.0. The van der Waals surface area contributed by atoms with Gasteiger partial charge in [-0.25, -0.2) is 4.98 Å². The molecule has 102 valence electrons. The summed E-state index contributed by atoms with van der Waals surface area (Å²) < 4.78 is 5.74. The summed E-state index contributed by atoms with van der Waals surface area (Å²) in [5.74, 6) is 1.09. The average Bonchev–Trinajstić information content (AvgIpc) is 2.82. The number of nitrogens with zero attached hydrogens (tertiary/aromatic N) is 1. The highest BCUT2D eigenvalue weighted by atomic mass is 35.5. The molecule has 3 nitrogen and oxygen atoms in total. The van der Waals surface area contributed by atoms with Crippen LogP contribution in [-0.2, 0) is 0 Å². The van der Waals surface area contributed by atoms with Gasteiger partial charge in [0, 0.05) is 11.6 Å². The van der Waals surface area contributed by atoms with Gasteiger partial charge in [-0.05, 0) is 29.7 Å². The number of oxazole rings is 1. The van der Waals surface area contributed by atoms with Gasteiger partial charge in [-0.15, -0.1) is 0 Å². The predicted molar refractivity (Wildman–Crippen MR) is 83.0 cm³/mol. The van der Waals surface area contributed by atoms with Crippen molar-refractivity contribution < 1.29 is 4.42 Å². The fourth-order valence-corrected chi connectivity index (χ4v) is 2.26. The van der Waals surface area contributed by atoms with Crippen molar-refractivity contribution in [2.45, 2.75) is 19.8 Å². The fraction of sp³-hybridized carbons (Fsp3) is 0.188. The molecule has 0 aliphatic rings. The smallest absolute Gasteiger partial charge is 0.227 e. The first-order valence-electron chi connectivity index (χ1n) is 6.50. The Bertz CT molecular complexity index is 721. The Morgan fingerprint density at radius 1 is 1.15 bits per heavy atom. The molecule has 0 bridgehead atoms. The molecule has 0 radical (unpaired) electrons. The second kappa shape index (κ2) is 4.84. The summed E-state index contributed by atoms with van der Waals surface area (Å²) in [6, 6.07) is 11.7. The molecule has 0 unspecified atom stereocenters. The number of anilines is 1. The SMILES string of the molecule is CC(C)c1ccc(-c2nc3cc(Cl)c(N)cc3o2)cc1.